The highest BCUT2D eigenvalue weighted by Gasteiger charge is 2.29. The van der Waals surface area contributed by atoms with E-state index in [1.807, 2.05) is 60.5 Å². The van der Waals surface area contributed by atoms with Crippen LogP contribution in [0.2, 0.25) is 0 Å². The van der Waals surface area contributed by atoms with E-state index in [0.29, 0.717) is 12.2 Å². The zero-order chi connectivity index (χ0) is 17.9. The predicted octanol–water partition coefficient (Wildman–Crippen LogP) is 2.99. The molecule has 27 heavy (non-hydrogen) atoms. The smallest absolute Gasteiger partial charge is 0.272 e. The molecule has 1 aliphatic rings. The van der Waals surface area contributed by atoms with E-state index in [4.69, 9.17) is 0 Å². The lowest BCUT2D eigenvalue weighted by Crippen LogP contribution is -2.48. The van der Waals surface area contributed by atoms with Crippen LogP contribution in [-0.2, 0) is 0 Å². The predicted molar refractivity (Wildman–Crippen MR) is 107 cm³/mol. The van der Waals surface area contributed by atoms with E-state index < -0.39 is 0 Å². The number of rotatable bonds is 3. The Hall–Kier alpha value is -2.70. The fourth-order valence-electron chi connectivity index (χ4n) is 3.28. The molecule has 1 fully saturated rings. The summed E-state index contributed by atoms with van der Waals surface area (Å²) in [6.07, 6.45) is 3.57. The minimum absolute atomic E-state index is 0. The highest BCUT2D eigenvalue weighted by Crippen LogP contribution is 2.25. The zero-order valence-corrected chi connectivity index (χ0v) is 15.9. The monoisotopic (exact) mass is 383 g/mol. The van der Waals surface area contributed by atoms with Gasteiger partial charge >= 0.3 is 0 Å². The number of amides is 1. The average Bonchev–Trinajstić information content (AvgIpc) is 3.19. The third-order valence-electron chi connectivity index (χ3n) is 4.73. The van der Waals surface area contributed by atoms with Crippen molar-refractivity contribution < 1.29 is 4.79 Å². The molecule has 7 heteroatoms. The van der Waals surface area contributed by atoms with Gasteiger partial charge in [0.05, 0.1) is 11.7 Å². The maximum atomic E-state index is 13.1. The summed E-state index contributed by atoms with van der Waals surface area (Å²) < 4.78 is 0. The molecule has 1 aliphatic heterocycles. The summed E-state index contributed by atoms with van der Waals surface area (Å²) in [5.74, 6) is -0.0359. The first-order chi connectivity index (χ1) is 12.7. The normalized spacial score (nSPS) is 16.6. The van der Waals surface area contributed by atoms with Crippen LogP contribution in [0.1, 0.15) is 27.7 Å². The summed E-state index contributed by atoms with van der Waals surface area (Å²) in [5, 5.41) is 10.6. The molecule has 1 atom stereocenters. The molecule has 2 aromatic heterocycles. The number of halogens is 1. The van der Waals surface area contributed by atoms with Crippen molar-refractivity contribution in [1.82, 2.24) is 25.4 Å². The number of benzene rings is 1. The van der Waals surface area contributed by atoms with Crippen LogP contribution in [0.4, 0.5) is 0 Å². The van der Waals surface area contributed by atoms with E-state index in [1.54, 1.807) is 6.20 Å². The minimum Gasteiger partial charge on any atom is -0.328 e. The van der Waals surface area contributed by atoms with E-state index in [9.17, 15) is 4.79 Å². The van der Waals surface area contributed by atoms with Crippen LogP contribution in [-0.4, -0.2) is 45.6 Å². The minimum atomic E-state index is -0.0359. The molecule has 3 aromatic rings. The molecule has 0 saturated carbocycles. The molecular formula is C20H22ClN5O. The fourth-order valence-corrected chi connectivity index (χ4v) is 3.28. The Kier molecular flexibility index (Phi) is 5.88. The zero-order valence-electron chi connectivity index (χ0n) is 15.1. The summed E-state index contributed by atoms with van der Waals surface area (Å²) in [5.41, 5.74) is 4.51. The topological polar surface area (TPSA) is 73.9 Å². The second kappa shape index (κ2) is 8.33. The largest absolute Gasteiger partial charge is 0.328 e. The second-order valence-electron chi connectivity index (χ2n) is 6.54. The number of piperazine rings is 1. The van der Waals surface area contributed by atoms with E-state index in [0.717, 1.165) is 29.9 Å². The number of hydrogen-bond acceptors (Lipinski definition) is 4. The first-order valence-electron chi connectivity index (χ1n) is 8.76. The molecule has 0 radical (unpaired) electrons. The average molecular weight is 384 g/mol. The standard InChI is InChI=1S/C20H21N5O.ClH/c1-14-4-6-15(7-5-14)17-11-18(24-23-17)20(26)25-10-9-22-13-19(25)16-3-2-8-21-12-16;/h2-8,11-12,19,22H,9-10,13H2,1H3,(H,23,24);1H. The number of pyridine rings is 1. The third kappa shape index (κ3) is 4.02. The molecule has 140 valence electrons. The van der Waals surface area contributed by atoms with E-state index in [2.05, 4.69) is 20.5 Å². The maximum absolute atomic E-state index is 13.1. The first-order valence-corrected chi connectivity index (χ1v) is 8.76. The summed E-state index contributed by atoms with van der Waals surface area (Å²) in [7, 11) is 0. The molecule has 1 saturated heterocycles. The lowest BCUT2D eigenvalue weighted by atomic mass is 10.0. The van der Waals surface area contributed by atoms with E-state index in [1.165, 1.54) is 5.56 Å². The third-order valence-corrected chi connectivity index (χ3v) is 4.73. The van der Waals surface area contributed by atoms with Gasteiger partial charge in [0.2, 0.25) is 0 Å². The van der Waals surface area contributed by atoms with Gasteiger partial charge < -0.3 is 10.2 Å². The number of carbonyl (C=O) groups excluding carboxylic acids is 1. The fraction of sp³-hybridized carbons (Fsp3) is 0.250. The van der Waals surface area contributed by atoms with Crippen molar-refractivity contribution in [2.24, 2.45) is 0 Å². The van der Waals surface area contributed by atoms with Crippen molar-refractivity contribution in [3.63, 3.8) is 0 Å². The Labute approximate surface area is 164 Å². The van der Waals surface area contributed by atoms with Crippen LogP contribution in [0, 0.1) is 6.92 Å². The van der Waals surface area contributed by atoms with Crippen molar-refractivity contribution >= 4 is 18.3 Å². The molecule has 1 aromatic carbocycles. The Morgan fingerprint density at radius 3 is 2.78 bits per heavy atom. The van der Waals surface area contributed by atoms with Gasteiger partial charge in [-0.15, -0.1) is 12.4 Å². The van der Waals surface area contributed by atoms with Crippen molar-refractivity contribution in [3.05, 3.63) is 71.7 Å². The van der Waals surface area contributed by atoms with Crippen LogP contribution in [0.5, 0.6) is 0 Å². The molecule has 3 heterocycles. The van der Waals surface area contributed by atoms with Gasteiger partial charge in [-0.1, -0.05) is 35.9 Å². The Morgan fingerprint density at radius 1 is 1.22 bits per heavy atom. The van der Waals surface area contributed by atoms with Crippen LogP contribution >= 0.6 is 12.4 Å². The van der Waals surface area contributed by atoms with Gasteiger partial charge in [-0.25, -0.2) is 0 Å². The quantitative estimate of drug-likeness (QED) is 0.729. The molecule has 0 bridgehead atoms. The van der Waals surface area contributed by atoms with Gasteiger partial charge in [0.1, 0.15) is 5.69 Å². The molecule has 0 aliphatic carbocycles. The molecule has 0 spiro atoms. The highest BCUT2D eigenvalue weighted by molar-refractivity contribution is 5.93. The van der Waals surface area contributed by atoms with E-state index in [-0.39, 0.29) is 24.4 Å². The SMILES string of the molecule is Cc1ccc(-c2cc(C(=O)N3CCNCC3c3cccnc3)[nH]n2)cc1.Cl. The van der Waals surface area contributed by atoms with Crippen LogP contribution < -0.4 is 5.32 Å². The van der Waals surface area contributed by atoms with Gasteiger partial charge in [0, 0.05) is 37.6 Å². The number of nitrogens with zero attached hydrogens (tertiary/aromatic N) is 3. The Bertz CT molecular complexity index is 894. The molecular weight excluding hydrogens is 362 g/mol. The van der Waals surface area contributed by atoms with Crippen LogP contribution in [0.25, 0.3) is 11.3 Å². The number of aromatic nitrogens is 3. The summed E-state index contributed by atoms with van der Waals surface area (Å²) in [6, 6.07) is 13.8. The first kappa shape index (κ1) is 19.1. The van der Waals surface area contributed by atoms with Gasteiger partial charge in [-0.2, -0.15) is 5.10 Å². The van der Waals surface area contributed by atoms with Crippen LogP contribution in [0.3, 0.4) is 0 Å². The number of aryl methyl sites for hydroxylation is 1. The molecule has 2 N–H and O–H groups in total. The summed E-state index contributed by atoms with van der Waals surface area (Å²) in [4.78, 5) is 19.2. The lowest BCUT2D eigenvalue weighted by Gasteiger charge is -2.36. The van der Waals surface area contributed by atoms with Gasteiger partial charge in [-0.05, 0) is 24.6 Å². The number of hydrogen-bond donors (Lipinski definition) is 2. The van der Waals surface area contributed by atoms with Crippen molar-refractivity contribution in [2.45, 2.75) is 13.0 Å². The molecule has 1 amide bonds. The number of H-pyrrole nitrogens is 1. The summed E-state index contributed by atoms with van der Waals surface area (Å²) in [6.45, 7) is 4.20. The van der Waals surface area contributed by atoms with E-state index >= 15 is 0 Å². The number of nitrogens with one attached hydrogen (secondary N) is 2. The Morgan fingerprint density at radius 2 is 2.04 bits per heavy atom. The number of carbonyl (C=O) groups is 1. The lowest BCUT2D eigenvalue weighted by molar-refractivity contribution is 0.0628. The molecule has 6 nitrogen and oxygen atoms in total. The van der Waals surface area contributed by atoms with Crippen LogP contribution in [0.15, 0.2) is 54.9 Å². The Balaban J connectivity index is 0.00000210. The maximum Gasteiger partial charge on any atom is 0.272 e. The van der Waals surface area contributed by atoms with Crippen molar-refractivity contribution in [1.29, 1.82) is 0 Å². The molecule has 1 unspecified atom stereocenters. The van der Waals surface area contributed by atoms with Crippen molar-refractivity contribution in [3.8, 4) is 11.3 Å². The van der Waals surface area contributed by atoms with Gasteiger partial charge in [0.15, 0.2) is 0 Å². The number of aromatic amines is 1. The van der Waals surface area contributed by atoms with Gasteiger partial charge in [-0.3, -0.25) is 14.9 Å². The highest BCUT2D eigenvalue weighted by atomic mass is 35.5. The molecule has 4 rings (SSSR count). The second-order valence-corrected chi connectivity index (χ2v) is 6.54. The van der Waals surface area contributed by atoms with Crippen molar-refractivity contribution in [2.75, 3.05) is 19.6 Å². The summed E-state index contributed by atoms with van der Waals surface area (Å²) >= 11 is 0. The van der Waals surface area contributed by atoms with Gasteiger partial charge in [0.25, 0.3) is 5.91 Å².